The van der Waals surface area contributed by atoms with Gasteiger partial charge in [0.25, 0.3) is 0 Å². The highest BCUT2D eigenvalue weighted by Crippen LogP contribution is 2.28. The van der Waals surface area contributed by atoms with Crippen LogP contribution in [0.15, 0.2) is 22.7 Å². The van der Waals surface area contributed by atoms with E-state index in [-0.39, 0.29) is 0 Å². The lowest BCUT2D eigenvalue weighted by molar-refractivity contribution is 0.171. The molecule has 19 heavy (non-hydrogen) atoms. The molecule has 4 heteroatoms. The van der Waals surface area contributed by atoms with Crippen LogP contribution in [-0.4, -0.2) is 36.2 Å². The number of hydrogen-bond donors (Lipinski definition) is 1. The van der Waals surface area contributed by atoms with Gasteiger partial charge in [0.15, 0.2) is 0 Å². The fourth-order valence-electron chi connectivity index (χ4n) is 2.44. The van der Waals surface area contributed by atoms with Gasteiger partial charge in [-0.3, -0.25) is 4.90 Å². The average Bonchev–Trinajstić information content (AvgIpc) is 2.41. The van der Waals surface area contributed by atoms with Gasteiger partial charge in [0, 0.05) is 16.6 Å². The predicted molar refractivity (Wildman–Crippen MR) is 80.6 cm³/mol. The molecule has 0 saturated carbocycles. The van der Waals surface area contributed by atoms with Crippen molar-refractivity contribution in [1.29, 1.82) is 0 Å². The van der Waals surface area contributed by atoms with E-state index in [1.165, 1.54) is 32.4 Å². The number of aliphatic hydroxyl groups is 1. The molecule has 0 amide bonds. The Kier molecular flexibility index (Phi) is 5.67. The fraction of sp³-hybridized carbons (Fsp3) is 0.600. The molecule has 1 aliphatic heterocycles. The van der Waals surface area contributed by atoms with Crippen molar-refractivity contribution in [3.63, 3.8) is 0 Å². The van der Waals surface area contributed by atoms with Crippen LogP contribution in [0.3, 0.4) is 0 Å². The van der Waals surface area contributed by atoms with Crippen molar-refractivity contribution >= 4 is 15.9 Å². The summed E-state index contributed by atoms with van der Waals surface area (Å²) in [6, 6.07) is 5.78. The summed E-state index contributed by atoms with van der Waals surface area (Å²) in [5, 5.41) is 9.77. The molecular weight excluding hydrogens is 306 g/mol. The summed E-state index contributed by atoms with van der Waals surface area (Å²) in [5.74, 6) is 0.787. The van der Waals surface area contributed by atoms with E-state index >= 15 is 0 Å². The minimum atomic E-state index is -0.512. The van der Waals surface area contributed by atoms with Gasteiger partial charge in [-0.2, -0.15) is 0 Å². The minimum Gasteiger partial charge on any atom is -0.492 e. The topological polar surface area (TPSA) is 32.7 Å². The van der Waals surface area contributed by atoms with E-state index in [0.717, 1.165) is 22.3 Å². The number of aliphatic hydroxyl groups excluding tert-OH is 1. The minimum absolute atomic E-state index is 0.512. The van der Waals surface area contributed by atoms with Gasteiger partial charge in [-0.25, -0.2) is 0 Å². The Morgan fingerprint density at radius 3 is 2.74 bits per heavy atom. The fourth-order valence-corrected chi connectivity index (χ4v) is 2.82. The van der Waals surface area contributed by atoms with Gasteiger partial charge in [-0.15, -0.1) is 0 Å². The molecule has 1 fully saturated rings. The Balaban J connectivity index is 1.88. The second-order valence-electron chi connectivity index (χ2n) is 5.11. The quantitative estimate of drug-likeness (QED) is 0.900. The normalized spacial score (nSPS) is 18.3. The molecule has 1 heterocycles. The molecule has 1 atom stereocenters. The van der Waals surface area contributed by atoms with Gasteiger partial charge in [0.05, 0.1) is 6.10 Å². The van der Waals surface area contributed by atoms with E-state index in [4.69, 9.17) is 4.74 Å². The molecule has 1 aliphatic rings. The van der Waals surface area contributed by atoms with Gasteiger partial charge in [0.1, 0.15) is 12.4 Å². The van der Waals surface area contributed by atoms with Crippen molar-refractivity contribution in [1.82, 2.24) is 4.90 Å². The lowest BCUT2D eigenvalue weighted by Gasteiger charge is -2.26. The number of hydrogen-bond acceptors (Lipinski definition) is 3. The highest BCUT2D eigenvalue weighted by molar-refractivity contribution is 9.10. The van der Waals surface area contributed by atoms with Gasteiger partial charge >= 0.3 is 0 Å². The molecule has 1 aromatic carbocycles. The maximum absolute atomic E-state index is 9.77. The number of piperidine rings is 1. The van der Waals surface area contributed by atoms with Gasteiger partial charge < -0.3 is 9.84 Å². The number of nitrogens with zero attached hydrogens (tertiary/aromatic N) is 1. The zero-order chi connectivity index (χ0) is 13.7. The molecule has 0 aliphatic carbocycles. The van der Waals surface area contributed by atoms with E-state index in [1.807, 2.05) is 18.2 Å². The maximum atomic E-state index is 9.77. The van der Waals surface area contributed by atoms with Crippen molar-refractivity contribution in [3.8, 4) is 5.75 Å². The number of likely N-dealkylation sites (tertiary alicyclic amines) is 1. The van der Waals surface area contributed by atoms with E-state index in [2.05, 4.69) is 20.8 Å². The van der Waals surface area contributed by atoms with Gasteiger partial charge in [-0.05, 0) is 51.1 Å². The van der Waals surface area contributed by atoms with Crippen LogP contribution in [0.5, 0.6) is 5.75 Å². The summed E-state index contributed by atoms with van der Waals surface area (Å²) in [4.78, 5) is 2.45. The van der Waals surface area contributed by atoms with Gasteiger partial charge in [-0.1, -0.05) is 22.4 Å². The zero-order valence-corrected chi connectivity index (χ0v) is 13.0. The van der Waals surface area contributed by atoms with Crippen LogP contribution in [0, 0.1) is 0 Å². The third-order valence-corrected chi connectivity index (χ3v) is 4.03. The monoisotopic (exact) mass is 327 g/mol. The summed E-state index contributed by atoms with van der Waals surface area (Å²) in [6.45, 7) is 5.79. The Labute approximate surface area is 123 Å². The van der Waals surface area contributed by atoms with Crippen molar-refractivity contribution in [2.24, 2.45) is 0 Å². The molecule has 1 saturated heterocycles. The third-order valence-electron chi connectivity index (χ3n) is 3.54. The van der Waals surface area contributed by atoms with Crippen LogP contribution in [0.25, 0.3) is 0 Å². The molecule has 1 aromatic rings. The van der Waals surface area contributed by atoms with Crippen molar-refractivity contribution in [3.05, 3.63) is 28.2 Å². The summed E-state index contributed by atoms with van der Waals surface area (Å²) < 4.78 is 6.80. The number of benzene rings is 1. The zero-order valence-electron chi connectivity index (χ0n) is 11.4. The number of rotatable bonds is 5. The lowest BCUT2D eigenvalue weighted by atomic mass is 10.1. The summed E-state index contributed by atoms with van der Waals surface area (Å²) in [5.41, 5.74) is 0.841. The first-order valence-electron chi connectivity index (χ1n) is 6.99. The molecule has 1 N–H and O–H groups in total. The predicted octanol–water partition coefficient (Wildman–Crippen LogP) is 3.37. The highest BCUT2D eigenvalue weighted by atomic mass is 79.9. The van der Waals surface area contributed by atoms with Crippen molar-refractivity contribution in [2.75, 3.05) is 26.2 Å². The summed E-state index contributed by atoms with van der Waals surface area (Å²) in [6.07, 6.45) is 3.45. The largest absolute Gasteiger partial charge is 0.492 e. The first-order valence-corrected chi connectivity index (χ1v) is 7.79. The molecular formula is C15H22BrNO2. The maximum Gasteiger partial charge on any atom is 0.125 e. The second kappa shape index (κ2) is 7.27. The van der Waals surface area contributed by atoms with Crippen LogP contribution in [0.1, 0.15) is 37.9 Å². The van der Waals surface area contributed by atoms with Gasteiger partial charge in [0.2, 0.25) is 0 Å². The molecule has 2 rings (SSSR count). The van der Waals surface area contributed by atoms with E-state index in [9.17, 15) is 5.11 Å². The van der Waals surface area contributed by atoms with Crippen molar-refractivity contribution < 1.29 is 9.84 Å². The Bertz CT molecular complexity index is 403. The molecule has 3 nitrogen and oxygen atoms in total. The van der Waals surface area contributed by atoms with Crippen LogP contribution < -0.4 is 4.74 Å². The van der Waals surface area contributed by atoms with E-state index in [0.29, 0.717) is 6.61 Å². The van der Waals surface area contributed by atoms with Crippen molar-refractivity contribution in [2.45, 2.75) is 32.3 Å². The Hall–Kier alpha value is -0.580. The van der Waals surface area contributed by atoms with Crippen LogP contribution >= 0.6 is 15.9 Å². The Morgan fingerprint density at radius 1 is 1.32 bits per heavy atom. The van der Waals surface area contributed by atoms with Crippen LogP contribution in [0.2, 0.25) is 0 Å². The first-order chi connectivity index (χ1) is 9.16. The first kappa shape index (κ1) is 14.8. The molecule has 0 radical (unpaired) electrons. The number of ether oxygens (including phenoxy) is 1. The molecule has 106 valence electrons. The SMILES string of the molecule is C[C@@H](O)c1cc(Br)ccc1OCCN1CCCCC1. The molecule has 0 aromatic heterocycles. The smallest absolute Gasteiger partial charge is 0.125 e. The Morgan fingerprint density at radius 2 is 2.05 bits per heavy atom. The lowest BCUT2D eigenvalue weighted by Crippen LogP contribution is -2.33. The third kappa shape index (κ3) is 4.48. The summed E-state index contributed by atoms with van der Waals surface area (Å²) in [7, 11) is 0. The van der Waals surface area contributed by atoms with E-state index in [1.54, 1.807) is 6.92 Å². The molecule has 0 bridgehead atoms. The molecule has 0 spiro atoms. The highest BCUT2D eigenvalue weighted by Gasteiger charge is 2.12. The van der Waals surface area contributed by atoms with Crippen LogP contribution in [0.4, 0.5) is 0 Å². The number of halogens is 1. The van der Waals surface area contributed by atoms with E-state index < -0.39 is 6.10 Å². The molecule has 0 unspecified atom stereocenters. The second-order valence-corrected chi connectivity index (χ2v) is 6.02. The summed E-state index contributed by atoms with van der Waals surface area (Å²) >= 11 is 3.42. The average molecular weight is 328 g/mol. The van der Waals surface area contributed by atoms with Crippen LogP contribution in [-0.2, 0) is 0 Å². The standard InChI is InChI=1S/C15H22BrNO2/c1-12(18)14-11-13(16)5-6-15(14)19-10-9-17-7-3-2-4-8-17/h5-6,11-12,18H,2-4,7-10H2,1H3/t12-/m1/s1.